The number of likely N-dealkylation sites (tertiary alicyclic amines) is 1. The van der Waals surface area contributed by atoms with Crippen LogP contribution in [-0.4, -0.2) is 93.9 Å². The van der Waals surface area contributed by atoms with Crippen LogP contribution in [0.2, 0.25) is 0 Å². The number of aromatic nitrogens is 2. The van der Waals surface area contributed by atoms with Gasteiger partial charge in [-0.1, -0.05) is 0 Å². The molecule has 4 atom stereocenters. The number of rotatable bonds is 7. The molecule has 2 saturated heterocycles. The van der Waals surface area contributed by atoms with Crippen molar-refractivity contribution in [1.29, 1.82) is 0 Å². The van der Waals surface area contributed by atoms with Crippen LogP contribution in [0.5, 0.6) is 0 Å². The Balaban J connectivity index is 0.00000114. The van der Waals surface area contributed by atoms with E-state index in [1.54, 1.807) is 10.9 Å². The molecule has 0 aliphatic carbocycles. The van der Waals surface area contributed by atoms with E-state index in [2.05, 4.69) is 22.4 Å². The van der Waals surface area contributed by atoms with Gasteiger partial charge >= 0.3 is 0 Å². The average Bonchev–Trinajstić information content (AvgIpc) is 3.30. The first-order valence-corrected chi connectivity index (χ1v) is 11.2. The summed E-state index contributed by atoms with van der Waals surface area (Å²) in [4.78, 5) is 37.5. The number of hydrogen-bond donors (Lipinski definition) is 2. The summed E-state index contributed by atoms with van der Waals surface area (Å²) in [6.07, 6.45) is 5.64. The molecule has 0 bridgehead atoms. The molecule has 180 valence electrons. The standard InChI is InChI=1S/C21H35N5O3.CH2O2/c1-15-13-26(14-16(2)29-15)21(28)11-18-5-6-19(24(18)3)12-22-20(27)8-7-17-9-10-23-25(17)4;2-1-3/h9-10,15-16,18-19H,5-8,11-14H2,1-4H3,(H,22,27);1H,(H,2,3)/t15-,16+,18-,19+;/m1./s1. The van der Waals surface area contributed by atoms with E-state index in [4.69, 9.17) is 14.6 Å². The number of aryl methyl sites for hydroxylation is 2. The molecule has 1 aromatic rings. The van der Waals surface area contributed by atoms with Crippen LogP contribution in [0.3, 0.4) is 0 Å². The highest BCUT2D eigenvalue weighted by Crippen LogP contribution is 2.25. The molecule has 0 unspecified atom stereocenters. The monoisotopic (exact) mass is 451 g/mol. The van der Waals surface area contributed by atoms with Crippen LogP contribution in [0.4, 0.5) is 0 Å². The maximum Gasteiger partial charge on any atom is 0.290 e. The molecule has 0 aromatic carbocycles. The van der Waals surface area contributed by atoms with Crippen molar-refractivity contribution in [1.82, 2.24) is 24.9 Å². The van der Waals surface area contributed by atoms with Gasteiger partial charge in [-0.05, 0) is 46.2 Å². The summed E-state index contributed by atoms with van der Waals surface area (Å²) < 4.78 is 7.53. The summed E-state index contributed by atoms with van der Waals surface area (Å²) in [5.74, 6) is 0.278. The third-order valence-corrected chi connectivity index (χ3v) is 6.23. The topological polar surface area (TPSA) is 117 Å². The normalized spacial score (nSPS) is 25.7. The Hall–Kier alpha value is -2.46. The van der Waals surface area contributed by atoms with Crippen molar-refractivity contribution in [3.05, 3.63) is 18.0 Å². The van der Waals surface area contributed by atoms with Gasteiger partial charge in [0.05, 0.1) is 12.2 Å². The summed E-state index contributed by atoms with van der Waals surface area (Å²) >= 11 is 0. The Bertz CT molecular complexity index is 745. The van der Waals surface area contributed by atoms with Gasteiger partial charge in [0.1, 0.15) is 0 Å². The molecule has 0 saturated carbocycles. The number of carboxylic acid groups (broad SMARTS) is 1. The van der Waals surface area contributed by atoms with Gasteiger partial charge in [-0.25, -0.2) is 0 Å². The highest BCUT2D eigenvalue weighted by molar-refractivity contribution is 5.77. The number of nitrogens with zero attached hydrogens (tertiary/aromatic N) is 4. The second-order valence-electron chi connectivity index (χ2n) is 8.67. The second kappa shape index (κ2) is 12.5. The Labute approximate surface area is 189 Å². The molecular formula is C22H37N5O5. The van der Waals surface area contributed by atoms with Crippen LogP contribution in [0.15, 0.2) is 12.3 Å². The number of carbonyl (C=O) groups excluding carboxylic acids is 2. The smallest absolute Gasteiger partial charge is 0.290 e. The molecule has 0 spiro atoms. The minimum absolute atomic E-state index is 0.0652. The SMILES string of the molecule is C[C@@H]1CN(C(=O)C[C@H]2CC[C@@H](CNC(=O)CCc3ccnn3C)N2C)C[C@H](C)O1.O=CO. The number of amides is 2. The fraction of sp³-hybridized carbons (Fsp3) is 0.727. The lowest BCUT2D eigenvalue weighted by Gasteiger charge is -2.36. The summed E-state index contributed by atoms with van der Waals surface area (Å²) in [5, 5.41) is 14.1. The molecule has 2 aliphatic heterocycles. The van der Waals surface area contributed by atoms with Crippen molar-refractivity contribution in [2.45, 2.75) is 70.2 Å². The number of carbonyl (C=O) groups is 3. The Morgan fingerprint density at radius 3 is 2.44 bits per heavy atom. The average molecular weight is 452 g/mol. The molecule has 3 heterocycles. The highest BCUT2D eigenvalue weighted by Gasteiger charge is 2.34. The Morgan fingerprint density at radius 2 is 1.84 bits per heavy atom. The molecule has 10 nitrogen and oxygen atoms in total. The fourth-order valence-electron chi connectivity index (χ4n) is 4.50. The first-order valence-electron chi connectivity index (χ1n) is 11.2. The van der Waals surface area contributed by atoms with Crippen LogP contribution in [0, 0.1) is 0 Å². The summed E-state index contributed by atoms with van der Waals surface area (Å²) in [6, 6.07) is 2.47. The zero-order chi connectivity index (χ0) is 23.7. The van der Waals surface area contributed by atoms with E-state index < -0.39 is 0 Å². The maximum absolute atomic E-state index is 12.8. The van der Waals surface area contributed by atoms with E-state index in [9.17, 15) is 9.59 Å². The lowest BCUT2D eigenvalue weighted by atomic mass is 10.1. The van der Waals surface area contributed by atoms with E-state index in [0.29, 0.717) is 38.9 Å². The molecule has 0 radical (unpaired) electrons. The zero-order valence-electron chi connectivity index (χ0n) is 19.6. The van der Waals surface area contributed by atoms with E-state index >= 15 is 0 Å². The number of nitrogens with one attached hydrogen (secondary N) is 1. The lowest BCUT2D eigenvalue weighted by molar-refractivity contribution is -0.144. The predicted molar refractivity (Wildman–Crippen MR) is 119 cm³/mol. The highest BCUT2D eigenvalue weighted by atomic mass is 16.5. The Morgan fingerprint density at radius 1 is 1.22 bits per heavy atom. The largest absolute Gasteiger partial charge is 0.483 e. The zero-order valence-corrected chi connectivity index (χ0v) is 19.6. The molecule has 3 rings (SSSR count). The van der Waals surface area contributed by atoms with Crippen molar-refractivity contribution in [3.63, 3.8) is 0 Å². The van der Waals surface area contributed by atoms with E-state index in [-0.39, 0.29) is 42.6 Å². The predicted octanol–water partition coefficient (Wildman–Crippen LogP) is 0.658. The number of hydrogen-bond acceptors (Lipinski definition) is 6. The van der Waals surface area contributed by atoms with Gasteiger partial charge in [0.25, 0.3) is 6.47 Å². The lowest BCUT2D eigenvalue weighted by Crippen LogP contribution is -2.49. The van der Waals surface area contributed by atoms with Crippen LogP contribution >= 0.6 is 0 Å². The number of morpholine rings is 1. The van der Waals surface area contributed by atoms with Gasteiger partial charge in [0.15, 0.2) is 0 Å². The minimum Gasteiger partial charge on any atom is -0.483 e. The second-order valence-corrected chi connectivity index (χ2v) is 8.67. The van der Waals surface area contributed by atoms with Crippen molar-refractivity contribution < 1.29 is 24.2 Å². The number of likely N-dealkylation sites (N-methyl/N-ethyl adjacent to an activating group) is 1. The van der Waals surface area contributed by atoms with Crippen molar-refractivity contribution >= 4 is 18.3 Å². The van der Waals surface area contributed by atoms with Crippen LogP contribution < -0.4 is 5.32 Å². The van der Waals surface area contributed by atoms with Crippen LogP contribution in [-0.2, 0) is 32.6 Å². The molecule has 2 amide bonds. The number of ether oxygens (including phenoxy) is 1. The van der Waals surface area contributed by atoms with Gasteiger partial charge in [-0.3, -0.25) is 24.0 Å². The quantitative estimate of drug-likeness (QED) is 0.585. The third-order valence-electron chi connectivity index (χ3n) is 6.23. The van der Waals surface area contributed by atoms with Crippen molar-refractivity contribution in [3.8, 4) is 0 Å². The van der Waals surface area contributed by atoms with E-state index in [1.807, 2.05) is 31.9 Å². The fourth-order valence-corrected chi connectivity index (χ4v) is 4.50. The Kier molecular flexibility index (Phi) is 10.1. The van der Waals surface area contributed by atoms with Crippen LogP contribution in [0.1, 0.15) is 45.2 Å². The molecule has 10 heteroatoms. The van der Waals surface area contributed by atoms with E-state index in [0.717, 1.165) is 18.5 Å². The first-order chi connectivity index (χ1) is 15.2. The molecule has 1 aromatic heterocycles. The van der Waals surface area contributed by atoms with Gasteiger partial charge in [0, 0.05) is 63.5 Å². The summed E-state index contributed by atoms with van der Waals surface area (Å²) in [6.45, 7) is 5.78. The van der Waals surface area contributed by atoms with Gasteiger partial charge < -0.3 is 20.1 Å². The molecule has 2 fully saturated rings. The first kappa shape index (κ1) is 25.8. The third kappa shape index (κ3) is 7.59. The molecule has 2 aliphatic rings. The van der Waals surface area contributed by atoms with Crippen LogP contribution in [0.25, 0.3) is 0 Å². The van der Waals surface area contributed by atoms with Crippen molar-refractivity contribution in [2.24, 2.45) is 7.05 Å². The molecular weight excluding hydrogens is 414 g/mol. The maximum atomic E-state index is 12.8. The summed E-state index contributed by atoms with van der Waals surface area (Å²) in [7, 11) is 3.96. The van der Waals surface area contributed by atoms with Gasteiger partial charge in [0.2, 0.25) is 11.8 Å². The van der Waals surface area contributed by atoms with Crippen molar-refractivity contribution in [2.75, 3.05) is 26.7 Å². The molecule has 32 heavy (non-hydrogen) atoms. The van der Waals surface area contributed by atoms with Gasteiger partial charge in [-0.2, -0.15) is 5.10 Å². The minimum atomic E-state index is -0.250. The summed E-state index contributed by atoms with van der Waals surface area (Å²) in [5.41, 5.74) is 1.06. The molecule has 2 N–H and O–H groups in total. The van der Waals surface area contributed by atoms with Gasteiger partial charge in [-0.15, -0.1) is 0 Å². The van der Waals surface area contributed by atoms with E-state index in [1.165, 1.54) is 0 Å².